The summed E-state index contributed by atoms with van der Waals surface area (Å²) in [6, 6.07) is 13.0. The minimum Gasteiger partial charge on any atom is -0.354 e. The molecule has 0 saturated heterocycles. The summed E-state index contributed by atoms with van der Waals surface area (Å²) >= 11 is 12.5. The number of primary sulfonamides is 1. The first-order chi connectivity index (χ1) is 12.8. The smallest absolute Gasteiger partial charge is 0.239 e. The summed E-state index contributed by atoms with van der Waals surface area (Å²) in [7, 11) is -3.91. The van der Waals surface area contributed by atoms with Crippen molar-refractivity contribution in [2.24, 2.45) is 5.14 Å². The van der Waals surface area contributed by atoms with E-state index in [2.05, 4.69) is 4.98 Å². The SMILES string of the molecule is NS(=O)(=O)c1c(-c2cc3c(Cl)cccc3[nH]2)cccc1C1CCC(Cl)CC1. The van der Waals surface area contributed by atoms with Crippen molar-refractivity contribution in [2.75, 3.05) is 0 Å². The van der Waals surface area contributed by atoms with Crippen LogP contribution in [0.15, 0.2) is 47.4 Å². The maximum absolute atomic E-state index is 12.5. The van der Waals surface area contributed by atoms with Crippen molar-refractivity contribution in [3.8, 4) is 11.3 Å². The fourth-order valence-electron chi connectivity index (χ4n) is 4.03. The summed E-state index contributed by atoms with van der Waals surface area (Å²) in [5.74, 6) is 0.140. The highest BCUT2D eigenvalue weighted by Gasteiger charge is 2.28. The molecular formula is C20H20Cl2N2O2S. The van der Waals surface area contributed by atoms with Crippen LogP contribution in [-0.4, -0.2) is 18.8 Å². The van der Waals surface area contributed by atoms with E-state index in [1.807, 2.05) is 36.4 Å². The second-order valence-corrected chi connectivity index (χ2v) is 9.62. The van der Waals surface area contributed by atoms with Gasteiger partial charge >= 0.3 is 0 Å². The summed E-state index contributed by atoms with van der Waals surface area (Å²) in [4.78, 5) is 3.48. The molecule has 1 aliphatic carbocycles. The highest BCUT2D eigenvalue weighted by atomic mass is 35.5. The van der Waals surface area contributed by atoms with E-state index in [0.717, 1.165) is 42.1 Å². The molecule has 3 aromatic rings. The number of rotatable bonds is 3. The first-order valence-electron chi connectivity index (χ1n) is 8.92. The minimum absolute atomic E-state index is 0.140. The molecule has 0 radical (unpaired) electrons. The first-order valence-corrected chi connectivity index (χ1v) is 11.3. The van der Waals surface area contributed by atoms with Crippen LogP contribution in [0.3, 0.4) is 0 Å². The van der Waals surface area contributed by atoms with Crippen LogP contribution in [0.1, 0.15) is 37.2 Å². The lowest BCUT2D eigenvalue weighted by Crippen LogP contribution is -2.20. The summed E-state index contributed by atoms with van der Waals surface area (Å²) < 4.78 is 25.1. The third-order valence-corrected chi connectivity index (χ3v) is 7.12. The zero-order valence-corrected chi connectivity index (χ0v) is 16.9. The molecule has 1 saturated carbocycles. The van der Waals surface area contributed by atoms with Gasteiger partial charge in [0.15, 0.2) is 0 Å². The van der Waals surface area contributed by atoms with Gasteiger partial charge in [0.1, 0.15) is 0 Å². The minimum atomic E-state index is -3.91. The highest BCUT2D eigenvalue weighted by molar-refractivity contribution is 7.89. The van der Waals surface area contributed by atoms with Crippen molar-refractivity contribution in [3.63, 3.8) is 0 Å². The Labute approximate surface area is 168 Å². The lowest BCUT2D eigenvalue weighted by Gasteiger charge is -2.27. The van der Waals surface area contributed by atoms with Crippen molar-refractivity contribution in [2.45, 2.75) is 41.9 Å². The highest BCUT2D eigenvalue weighted by Crippen LogP contribution is 2.41. The van der Waals surface area contributed by atoms with E-state index in [0.29, 0.717) is 16.3 Å². The molecule has 1 fully saturated rings. The van der Waals surface area contributed by atoms with Crippen LogP contribution >= 0.6 is 23.2 Å². The van der Waals surface area contributed by atoms with Crippen molar-refractivity contribution in [3.05, 3.63) is 53.1 Å². The van der Waals surface area contributed by atoms with Gasteiger partial charge in [0.25, 0.3) is 0 Å². The van der Waals surface area contributed by atoms with Gasteiger partial charge in [0, 0.05) is 32.6 Å². The van der Waals surface area contributed by atoms with Gasteiger partial charge in [-0.2, -0.15) is 0 Å². The fourth-order valence-corrected chi connectivity index (χ4v) is 5.56. The summed E-state index contributed by atoms with van der Waals surface area (Å²) in [6.45, 7) is 0. The third kappa shape index (κ3) is 3.61. The number of nitrogens with one attached hydrogen (secondary N) is 1. The number of H-pyrrole nitrogens is 1. The quantitative estimate of drug-likeness (QED) is 0.554. The Morgan fingerprint density at radius 1 is 1.04 bits per heavy atom. The third-order valence-electron chi connectivity index (χ3n) is 5.33. The summed E-state index contributed by atoms with van der Waals surface area (Å²) in [5.41, 5.74) is 2.90. The van der Waals surface area contributed by atoms with Gasteiger partial charge in [0.05, 0.1) is 4.90 Å². The van der Waals surface area contributed by atoms with E-state index < -0.39 is 10.0 Å². The van der Waals surface area contributed by atoms with Crippen LogP contribution in [0, 0.1) is 0 Å². The normalized spacial score (nSPS) is 20.9. The van der Waals surface area contributed by atoms with Gasteiger partial charge in [-0.05, 0) is 55.4 Å². The van der Waals surface area contributed by atoms with E-state index in [4.69, 9.17) is 28.3 Å². The van der Waals surface area contributed by atoms with Crippen LogP contribution in [0.4, 0.5) is 0 Å². The number of nitrogens with two attached hydrogens (primary N) is 1. The molecule has 142 valence electrons. The molecule has 0 atom stereocenters. The zero-order chi connectivity index (χ0) is 19.2. The molecule has 1 aromatic heterocycles. The molecule has 1 aliphatic rings. The number of aromatic amines is 1. The van der Waals surface area contributed by atoms with E-state index in [-0.39, 0.29) is 16.2 Å². The number of fused-ring (bicyclic) bond motifs is 1. The Bertz CT molecular complexity index is 1100. The average molecular weight is 423 g/mol. The van der Waals surface area contributed by atoms with Gasteiger partial charge in [-0.15, -0.1) is 11.6 Å². The number of hydrogen-bond donors (Lipinski definition) is 2. The Morgan fingerprint density at radius 3 is 2.41 bits per heavy atom. The molecule has 0 aliphatic heterocycles. The van der Waals surface area contributed by atoms with Crippen molar-refractivity contribution >= 4 is 44.1 Å². The number of sulfonamides is 1. The number of benzene rings is 2. The monoisotopic (exact) mass is 422 g/mol. The second kappa shape index (κ2) is 7.13. The number of alkyl halides is 1. The van der Waals surface area contributed by atoms with E-state index in [1.54, 1.807) is 6.07 Å². The molecule has 1 heterocycles. The zero-order valence-electron chi connectivity index (χ0n) is 14.6. The first kappa shape index (κ1) is 18.8. The molecule has 4 rings (SSSR count). The predicted molar refractivity (Wildman–Crippen MR) is 111 cm³/mol. The van der Waals surface area contributed by atoms with E-state index in [9.17, 15) is 8.42 Å². The molecule has 0 spiro atoms. The molecule has 0 amide bonds. The molecule has 7 heteroatoms. The van der Waals surface area contributed by atoms with Gasteiger partial charge in [0.2, 0.25) is 10.0 Å². The summed E-state index contributed by atoms with van der Waals surface area (Å²) in [5, 5.41) is 7.29. The molecule has 3 N–H and O–H groups in total. The van der Waals surface area contributed by atoms with Crippen LogP contribution in [-0.2, 0) is 10.0 Å². The lowest BCUT2D eigenvalue weighted by molar-refractivity contribution is 0.444. The Kier molecular flexibility index (Phi) is 4.97. The van der Waals surface area contributed by atoms with Crippen molar-refractivity contribution in [1.29, 1.82) is 0 Å². The maximum Gasteiger partial charge on any atom is 0.239 e. The average Bonchev–Trinajstić information content (AvgIpc) is 3.07. The van der Waals surface area contributed by atoms with Crippen molar-refractivity contribution < 1.29 is 8.42 Å². The molecule has 0 unspecified atom stereocenters. The van der Waals surface area contributed by atoms with E-state index >= 15 is 0 Å². The summed E-state index contributed by atoms with van der Waals surface area (Å²) in [6.07, 6.45) is 3.47. The van der Waals surface area contributed by atoms with Gasteiger partial charge in [-0.25, -0.2) is 13.6 Å². The van der Waals surface area contributed by atoms with Crippen LogP contribution in [0.2, 0.25) is 5.02 Å². The Hall–Kier alpha value is -1.53. The fraction of sp³-hybridized carbons (Fsp3) is 0.300. The molecule has 27 heavy (non-hydrogen) atoms. The molecular weight excluding hydrogens is 403 g/mol. The van der Waals surface area contributed by atoms with Gasteiger partial charge in [-0.1, -0.05) is 35.9 Å². The Balaban J connectivity index is 1.90. The number of hydrogen-bond acceptors (Lipinski definition) is 2. The Morgan fingerprint density at radius 2 is 1.74 bits per heavy atom. The largest absolute Gasteiger partial charge is 0.354 e. The lowest BCUT2D eigenvalue weighted by atomic mass is 9.83. The van der Waals surface area contributed by atoms with Crippen LogP contribution in [0.25, 0.3) is 22.2 Å². The standard InChI is InChI=1S/C20H20Cl2N2O2S/c21-13-9-7-12(8-10-13)14-3-1-4-15(20(14)27(23,25)26)19-11-16-17(22)5-2-6-18(16)24-19/h1-6,11-13,24H,7-10H2,(H2,23,25,26). The van der Waals surface area contributed by atoms with Crippen LogP contribution < -0.4 is 5.14 Å². The molecule has 0 bridgehead atoms. The van der Waals surface area contributed by atoms with E-state index in [1.165, 1.54) is 0 Å². The van der Waals surface area contributed by atoms with Crippen molar-refractivity contribution in [1.82, 2.24) is 4.98 Å². The van der Waals surface area contributed by atoms with Crippen LogP contribution in [0.5, 0.6) is 0 Å². The predicted octanol–water partition coefficient (Wildman–Crippen LogP) is 5.40. The molecule has 4 nitrogen and oxygen atoms in total. The van der Waals surface area contributed by atoms with Gasteiger partial charge < -0.3 is 4.98 Å². The maximum atomic E-state index is 12.5. The molecule has 2 aromatic carbocycles. The topological polar surface area (TPSA) is 76.0 Å². The van der Waals surface area contributed by atoms with Gasteiger partial charge in [-0.3, -0.25) is 0 Å². The number of halogens is 2. The number of aromatic nitrogens is 1. The second-order valence-electron chi connectivity index (χ2n) is 7.10.